The monoisotopic (exact) mass is 287 g/mol. The number of aryl methyl sites for hydroxylation is 1. The third-order valence-corrected chi connectivity index (χ3v) is 4.17. The Morgan fingerprint density at radius 2 is 2.05 bits per heavy atom. The zero-order valence-electron chi connectivity index (χ0n) is 12.8. The summed E-state index contributed by atoms with van der Waals surface area (Å²) in [6.07, 6.45) is 3.55. The van der Waals surface area contributed by atoms with E-state index in [9.17, 15) is 4.79 Å². The van der Waals surface area contributed by atoms with Crippen LogP contribution in [-0.4, -0.2) is 52.5 Å². The molecule has 0 unspecified atom stereocenters. The van der Waals surface area contributed by atoms with E-state index < -0.39 is 0 Å². The number of pyridine rings is 1. The van der Waals surface area contributed by atoms with Crippen molar-refractivity contribution in [3.63, 3.8) is 0 Å². The predicted octanol–water partition coefficient (Wildman–Crippen LogP) is 1.27. The highest BCUT2D eigenvalue weighted by Crippen LogP contribution is 2.25. The van der Waals surface area contributed by atoms with Crippen LogP contribution in [0.5, 0.6) is 0 Å². The van der Waals surface area contributed by atoms with Crippen LogP contribution in [0, 0.1) is 5.92 Å². The Hall–Kier alpha value is -2.11. The molecular weight excluding hydrogens is 266 g/mol. The van der Waals surface area contributed by atoms with Crippen LogP contribution in [-0.2, 0) is 11.8 Å². The standard InChI is InChI=1S/C15H21N5O/c1-18(2)14(21)11-6-9-20(10-7-11)15-17-12-5-4-8-16-13(12)19(15)3/h4-5,8,11H,6-7,9-10H2,1-3H3. The fraction of sp³-hybridized carbons (Fsp3) is 0.533. The molecular formula is C15H21N5O. The van der Waals surface area contributed by atoms with Crippen molar-refractivity contribution in [2.75, 3.05) is 32.1 Å². The molecule has 0 radical (unpaired) electrons. The maximum atomic E-state index is 12.0. The van der Waals surface area contributed by atoms with Gasteiger partial charge >= 0.3 is 0 Å². The second-order valence-corrected chi connectivity index (χ2v) is 5.81. The lowest BCUT2D eigenvalue weighted by atomic mass is 9.96. The minimum atomic E-state index is 0.143. The maximum Gasteiger partial charge on any atom is 0.225 e. The number of hydrogen-bond acceptors (Lipinski definition) is 4. The summed E-state index contributed by atoms with van der Waals surface area (Å²) >= 11 is 0. The molecule has 2 aromatic rings. The number of nitrogens with zero attached hydrogens (tertiary/aromatic N) is 5. The van der Waals surface area contributed by atoms with Crippen molar-refractivity contribution in [1.82, 2.24) is 19.4 Å². The number of piperidine rings is 1. The molecule has 0 atom stereocenters. The first-order chi connectivity index (χ1) is 10.1. The first kappa shape index (κ1) is 13.9. The Bertz CT molecular complexity index is 655. The third-order valence-electron chi connectivity index (χ3n) is 4.17. The number of imidazole rings is 1. The number of rotatable bonds is 2. The number of anilines is 1. The normalized spacial score (nSPS) is 16.4. The number of carbonyl (C=O) groups is 1. The van der Waals surface area contributed by atoms with Crippen LogP contribution in [0.4, 0.5) is 5.95 Å². The van der Waals surface area contributed by atoms with Gasteiger partial charge in [-0.05, 0) is 25.0 Å². The minimum Gasteiger partial charge on any atom is -0.349 e. The molecule has 6 heteroatoms. The van der Waals surface area contributed by atoms with Gasteiger partial charge < -0.3 is 9.80 Å². The molecule has 1 aliphatic heterocycles. The van der Waals surface area contributed by atoms with Crippen molar-refractivity contribution < 1.29 is 4.79 Å². The summed E-state index contributed by atoms with van der Waals surface area (Å²) in [4.78, 5) is 25.0. The van der Waals surface area contributed by atoms with Crippen LogP contribution in [0.25, 0.3) is 11.2 Å². The number of carbonyl (C=O) groups excluding carboxylic acids is 1. The summed E-state index contributed by atoms with van der Waals surface area (Å²) in [5.74, 6) is 1.32. The summed E-state index contributed by atoms with van der Waals surface area (Å²) in [5, 5.41) is 0. The Balaban J connectivity index is 1.77. The second-order valence-electron chi connectivity index (χ2n) is 5.81. The van der Waals surface area contributed by atoms with Crippen molar-refractivity contribution in [3.05, 3.63) is 18.3 Å². The number of fused-ring (bicyclic) bond motifs is 1. The van der Waals surface area contributed by atoms with Gasteiger partial charge in [0.15, 0.2) is 5.65 Å². The van der Waals surface area contributed by atoms with Gasteiger partial charge in [0, 0.05) is 46.3 Å². The molecule has 3 heterocycles. The Morgan fingerprint density at radius 3 is 2.67 bits per heavy atom. The molecule has 1 aliphatic rings. The molecule has 6 nitrogen and oxygen atoms in total. The summed E-state index contributed by atoms with van der Waals surface area (Å²) < 4.78 is 2.03. The van der Waals surface area contributed by atoms with Crippen LogP contribution in [0.1, 0.15) is 12.8 Å². The summed E-state index contributed by atoms with van der Waals surface area (Å²) in [5.41, 5.74) is 1.82. The van der Waals surface area contributed by atoms with Gasteiger partial charge in [0.25, 0.3) is 0 Å². The largest absolute Gasteiger partial charge is 0.349 e. The van der Waals surface area contributed by atoms with E-state index in [0.29, 0.717) is 0 Å². The Labute approximate surface area is 124 Å². The molecule has 0 spiro atoms. The topological polar surface area (TPSA) is 54.3 Å². The summed E-state index contributed by atoms with van der Waals surface area (Å²) in [6.45, 7) is 1.73. The first-order valence-corrected chi connectivity index (χ1v) is 7.31. The van der Waals surface area contributed by atoms with Gasteiger partial charge in [-0.25, -0.2) is 9.97 Å². The maximum absolute atomic E-state index is 12.0. The number of aromatic nitrogens is 3. The predicted molar refractivity (Wildman–Crippen MR) is 82.1 cm³/mol. The van der Waals surface area contributed by atoms with Crippen molar-refractivity contribution >= 4 is 23.0 Å². The van der Waals surface area contributed by atoms with Gasteiger partial charge in [-0.1, -0.05) is 0 Å². The highest BCUT2D eigenvalue weighted by Gasteiger charge is 2.28. The molecule has 1 fully saturated rings. The molecule has 1 saturated heterocycles. The van der Waals surface area contributed by atoms with Gasteiger partial charge in [0.1, 0.15) is 5.52 Å². The van der Waals surface area contributed by atoms with Gasteiger partial charge in [0.05, 0.1) is 0 Å². The quantitative estimate of drug-likeness (QED) is 0.835. The molecule has 0 saturated carbocycles. The fourth-order valence-electron chi connectivity index (χ4n) is 2.99. The van der Waals surface area contributed by atoms with E-state index in [1.165, 1.54) is 0 Å². The molecule has 0 N–H and O–H groups in total. The number of hydrogen-bond donors (Lipinski definition) is 0. The van der Waals surface area contributed by atoms with Crippen molar-refractivity contribution in [2.24, 2.45) is 13.0 Å². The molecule has 0 bridgehead atoms. The van der Waals surface area contributed by atoms with E-state index in [0.717, 1.165) is 43.0 Å². The lowest BCUT2D eigenvalue weighted by Crippen LogP contribution is -2.41. The molecule has 0 aliphatic carbocycles. The van der Waals surface area contributed by atoms with E-state index >= 15 is 0 Å². The highest BCUT2D eigenvalue weighted by molar-refractivity contribution is 5.79. The Kier molecular flexibility index (Phi) is 3.53. The zero-order valence-corrected chi connectivity index (χ0v) is 12.8. The lowest BCUT2D eigenvalue weighted by Gasteiger charge is -2.32. The van der Waals surface area contributed by atoms with Crippen LogP contribution < -0.4 is 4.90 Å². The van der Waals surface area contributed by atoms with Gasteiger partial charge in [-0.2, -0.15) is 0 Å². The molecule has 0 aromatic carbocycles. The van der Waals surface area contributed by atoms with E-state index in [1.807, 2.05) is 37.8 Å². The molecule has 112 valence electrons. The van der Waals surface area contributed by atoms with E-state index in [1.54, 1.807) is 11.1 Å². The van der Waals surface area contributed by atoms with E-state index in [2.05, 4.69) is 14.9 Å². The van der Waals surface area contributed by atoms with Crippen LogP contribution >= 0.6 is 0 Å². The zero-order chi connectivity index (χ0) is 15.0. The minimum absolute atomic E-state index is 0.143. The van der Waals surface area contributed by atoms with E-state index in [-0.39, 0.29) is 11.8 Å². The third kappa shape index (κ3) is 2.46. The van der Waals surface area contributed by atoms with Gasteiger partial charge in [-0.15, -0.1) is 0 Å². The second kappa shape index (κ2) is 5.35. The molecule has 2 aromatic heterocycles. The van der Waals surface area contributed by atoms with Crippen LogP contribution in [0.2, 0.25) is 0 Å². The summed E-state index contributed by atoms with van der Waals surface area (Å²) in [7, 11) is 5.65. The van der Waals surface area contributed by atoms with Crippen molar-refractivity contribution in [1.29, 1.82) is 0 Å². The average molecular weight is 287 g/mol. The molecule has 3 rings (SSSR count). The van der Waals surface area contributed by atoms with Gasteiger partial charge in [0.2, 0.25) is 11.9 Å². The SMILES string of the molecule is CN(C)C(=O)C1CCN(c2nc3cccnc3n2C)CC1. The smallest absolute Gasteiger partial charge is 0.225 e. The first-order valence-electron chi connectivity index (χ1n) is 7.31. The van der Waals surface area contributed by atoms with Crippen LogP contribution in [0.3, 0.4) is 0 Å². The fourth-order valence-corrected chi connectivity index (χ4v) is 2.99. The summed E-state index contributed by atoms with van der Waals surface area (Å²) in [6, 6.07) is 3.88. The van der Waals surface area contributed by atoms with Gasteiger partial charge in [-0.3, -0.25) is 9.36 Å². The van der Waals surface area contributed by atoms with Crippen molar-refractivity contribution in [2.45, 2.75) is 12.8 Å². The Morgan fingerprint density at radius 1 is 1.33 bits per heavy atom. The average Bonchev–Trinajstić information content (AvgIpc) is 2.84. The number of amides is 1. The van der Waals surface area contributed by atoms with Crippen molar-refractivity contribution in [3.8, 4) is 0 Å². The van der Waals surface area contributed by atoms with E-state index in [4.69, 9.17) is 0 Å². The lowest BCUT2D eigenvalue weighted by molar-refractivity contribution is -0.133. The highest BCUT2D eigenvalue weighted by atomic mass is 16.2. The molecule has 1 amide bonds. The molecule has 21 heavy (non-hydrogen) atoms. The van der Waals surface area contributed by atoms with Crippen LogP contribution in [0.15, 0.2) is 18.3 Å².